The van der Waals surface area contributed by atoms with Gasteiger partial charge in [0.05, 0.1) is 18.4 Å². The number of amides is 2. The van der Waals surface area contributed by atoms with E-state index < -0.39 is 0 Å². The van der Waals surface area contributed by atoms with E-state index in [4.69, 9.17) is 0 Å². The molecule has 2 aliphatic carbocycles. The van der Waals surface area contributed by atoms with Crippen LogP contribution in [0.1, 0.15) is 12.0 Å². The summed E-state index contributed by atoms with van der Waals surface area (Å²) in [5.41, 5.74) is 0.997. The van der Waals surface area contributed by atoms with Crippen molar-refractivity contribution in [3.05, 3.63) is 42.2 Å². The van der Waals surface area contributed by atoms with Gasteiger partial charge >= 0.3 is 0 Å². The van der Waals surface area contributed by atoms with Crippen molar-refractivity contribution in [2.45, 2.75) is 13.0 Å². The van der Waals surface area contributed by atoms with Crippen LogP contribution in [-0.2, 0) is 23.2 Å². The fourth-order valence-corrected chi connectivity index (χ4v) is 4.05. The lowest BCUT2D eigenvalue weighted by molar-refractivity contribution is -0.672. The maximum Gasteiger partial charge on any atom is 0.234 e. The van der Waals surface area contributed by atoms with Gasteiger partial charge in [0.2, 0.25) is 11.8 Å². The normalized spacial score (nSPS) is 34.1. The molecule has 1 aliphatic heterocycles. The molecule has 2 fully saturated rings. The smallest absolute Gasteiger partial charge is 0.234 e. The maximum absolute atomic E-state index is 12.5. The van der Waals surface area contributed by atoms with Gasteiger partial charge in [0, 0.05) is 11.6 Å². The molecule has 2 heterocycles. The van der Waals surface area contributed by atoms with Gasteiger partial charge in [0.25, 0.3) is 0 Å². The van der Waals surface area contributed by atoms with Gasteiger partial charge in [-0.3, -0.25) is 14.5 Å². The second-order valence-electron chi connectivity index (χ2n) is 6.14. The third-order valence-electron chi connectivity index (χ3n) is 4.90. The Balaban J connectivity index is 1.62. The highest BCUT2D eigenvalue weighted by Crippen LogP contribution is 2.52. The van der Waals surface area contributed by atoms with E-state index in [9.17, 15) is 9.59 Å². The van der Waals surface area contributed by atoms with E-state index in [0.29, 0.717) is 18.4 Å². The predicted molar refractivity (Wildman–Crippen MR) is 70.9 cm³/mol. The van der Waals surface area contributed by atoms with Crippen LogP contribution in [0.5, 0.6) is 0 Å². The summed E-state index contributed by atoms with van der Waals surface area (Å²) in [5, 5.41) is 0. The van der Waals surface area contributed by atoms with Crippen molar-refractivity contribution in [2.24, 2.45) is 30.7 Å². The number of aromatic nitrogens is 1. The number of carbonyl (C=O) groups excluding carboxylic acids is 2. The van der Waals surface area contributed by atoms with Gasteiger partial charge in [-0.1, -0.05) is 12.2 Å². The van der Waals surface area contributed by atoms with E-state index in [1.807, 2.05) is 36.1 Å². The summed E-state index contributed by atoms with van der Waals surface area (Å²) in [6.07, 6.45) is 9.14. The molecule has 1 aromatic rings. The molecule has 102 valence electrons. The molecule has 4 unspecified atom stereocenters. The second kappa shape index (κ2) is 4.01. The molecule has 2 bridgehead atoms. The molecule has 0 radical (unpaired) electrons. The van der Waals surface area contributed by atoms with Crippen LogP contribution < -0.4 is 4.57 Å². The van der Waals surface area contributed by atoms with Crippen molar-refractivity contribution in [3.63, 3.8) is 0 Å². The molecular formula is C16H17N2O2+. The van der Waals surface area contributed by atoms with Gasteiger partial charge in [0.1, 0.15) is 7.05 Å². The van der Waals surface area contributed by atoms with Gasteiger partial charge in [-0.25, -0.2) is 4.57 Å². The van der Waals surface area contributed by atoms with Gasteiger partial charge < -0.3 is 0 Å². The molecule has 3 aliphatic rings. The number of fused-ring (bicyclic) bond motifs is 5. The number of likely N-dealkylation sites (tertiary alicyclic amines) is 1. The number of hydrogen-bond donors (Lipinski definition) is 0. The summed E-state index contributed by atoms with van der Waals surface area (Å²) in [5.74, 6) is 0.466. The highest BCUT2D eigenvalue weighted by Gasteiger charge is 2.59. The minimum absolute atomic E-state index is 0.0309. The van der Waals surface area contributed by atoms with Crippen molar-refractivity contribution < 1.29 is 14.2 Å². The molecule has 0 N–H and O–H groups in total. The third kappa shape index (κ3) is 1.51. The first-order chi connectivity index (χ1) is 9.65. The van der Waals surface area contributed by atoms with Crippen molar-refractivity contribution in [1.29, 1.82) is 0 Å². The standard InChI is InChI=1S/C16H17N2O2/c1-17-6-2-3-10(8-17)9-18-15(19)13-11-4-5-12(7-11)14(13)16(18)20/h2-6,8,11-14H,7,9H2,1H3/q+1. The lowest BCUT2D eigenvalue weighted by Gasteiger charge is -2.16. The van der Waals surface area contributed by atoms with Crippen molar-refractivity contribution in [2.75, 3.05) is 0 Å². The minimum atomic E-state index is -0.0880. The number of pyridine rings is 1. The quantitative estimate of drug-likeness (QED) is 0.453. The lowest BCUT2D eigenvalue weighted by Crippen LogP contribution is -2.34. The van der Waals surface area contributed by atoms with Crippen molar-refractivity contribution in [1.82, 2.24) is 4.90 Å². The third-order valence-corrected chi connectivity index (χ3v) is 4.90. The monoisotopic (exact) mass is 269 g/mol. The molecular weight excluding hydrogens is 252 g/mol. The largest absolute Gasteiger partial charge is 0.277 e. The number of aryl methyl sites for hydroxylation is 1. The summed E-state index contributed by atoms with van der Waals surface area (Å²) in [6, 6.07) is 3.90. The highest BCUT2D eigenvalue weighted by atomic mass is 16.2. The Labute approximate surface area is 117 Å². The van der Waals surface area contributed by atoms with Crippen molar-refractivity contribution >= 4 is 11.8 Å². The summed E-state index contributed by atoms with van der Waals surface area (Å²) in [7, 11) is 1.94. The molecule has 4 rings (SSSR count). The first kappa shape index (κ1) is 11.8. The highest BCUT2D eigenvalue weighted by molar-refractivity contribution is 6.06. The molecule has 1 aromatic heterocycles. The number of hydrogen-bond acceptors (Lipinski definition) is 2. The number of carbonyl (C=O) groups is 2. The van der Waals surface area contributed by atoms with Crippen LogP contribution in [0.25, 0.3) is 0 Å². The molecule has 1 saturated heterocycles. The van der Waals surface area contributed by atoms with Crippen LogP contribution in [0.15, 0.2) is 36.7 Å². The first-order valence-electron chi connectivity index (χ1n) is 7.13. The average Bonchev–Trinajstić information content (AvgIpc) is 3.09. The topological polar surface area (TPSA) is 41.3 Å². The average molecular weight is 269 g/mol. The second-order valence-corrected chi connectivity index (χ2v) is 6.14. The van der Waals surface area contributed by atoms with Gasteiger partial charge in [0.15, 0.2) is 12.4 Å². The predicted octanol–water partition coefficient (Wildman–Crippen LogP) is 0.818. The zero-order valence-corrected chi connectivity index (χ0v) is 11.4. The summed E-state index contributed by atoms with van der Waals surface area (Å²) < 4.78 is 1.94. The summed E-state index contributed by atoms with van der Waals surface area (Å²) in [4.78, 5) is 26.6. The molecule has 4 heteroatoms. The van der Waals surface area contributed by atoms with Gasteiger partial charge in [-0.2, -0.15) is 0 Å². The van der Waals surface area contributed by atoms with Crippen LogP contribution in [0.3, 0.4) is 0 Å². The summed E-state index contributed by atoms with van der Waals surface area (Å²) >= 11 is 0. The number of imide groups is 1. The van der Waals surface area contributed by atoms with Crippen LogP contribution in [0, 0.1) is 23.7 Å². The first-order valence-corrected chi connectivity index (χ1v) is 7.13. The molecule has 0 aromatic carbocycles. The van der Waals surface area contributed by atoms with Gasteiger partial charge in [-0.05, 0) is 24.3 Å². The molecule has 1 saturated carbocycles. The Morgan fingerprint density at radius 1 is 1.20 bits per heavy atom. The Morgan fingerprint density at radius 2 is 1.85 bits per heavy atom. The Morgan fingerprint density at radius 3 is 2.45 bits per heavy atom. The molecule has 2 amide bonds. The zero-order chi connectivity index (χ0) is 13.9. The lowest BCUT2D eigenvalue weighted by atomic mass is 9.85. The summed E-state index contributed by atoms with van der Waals surface area (Å²) in [6.45, 7) is 0.402. The van der Waals surface area contributed by atoms with E-state index >= 15 is 0 Å². The number of allylic oxidation sites excluding steroid dienone is 2. The minimum Gasteiger partial charge on any atom is -0.277 e. The molecule has 4 nitrogen and oxygen atoms in total. The van der Waals surface area contributed by atoms with E-state index in [0.717, 1.165) is 12.0 Å². The Kier molecular flexibility index (Phi) is 2.37. The number of nitrogens with zero attached hydrogens (tertiary/aromatic N) is 2. The fraction of sp³-hybridized carbons (Fsp3) is 0.438. The van der Waals surface area contributed by atoms with Crippen LogP contribution >= 0.6 is 0 Å². The Bertz CT molecular complexity index is 607. The fourth-order valence-electron chi connectivity index (χ4n) is 4.05. The molecule has 4 atom stereocenters. The van der Waals surface area contributed by atoms with E-state index in [-0.39, 0.29) is 23.7 Å². The van der Waals surface area contributed by atoms with Crippen LogP contribution in [0.2, 0.25) is 0 Å². The zero-order valence-electron chi connectivity index (χ0n) is 11.4. The number of rotatable bonds is 2. The Hall–Kier alpha value is -1.97. The van der Waals surface area contributed by atoms with Crippen LogP contribution in [0.4, 0.5) is 0 Å². The maximum atomic E-state index is 12.5. The van der Waals surface area contributed by atoms with Crippen LogP contribution in [-0.4, -0.2) is 16.7 Å². The molecule has 20 heavy (non-hydrogen) atoms. The SMILES string of the molecule is C[n+]1cccc(CN2C(=O)C3C4C=CC(C4)C3C2=O)c1. The van der Waals surface area contributed by atoms with E-state index in [1.165, 1.54) is 4.90 Å². The van der Waals surface area contributed by atoms with Crippen molar-refractivity contribution in [3.8, 4) is 0 Å². The van der Waals surface area contributed by atoms with E-state index in [1.54, 1.807) is 0 Å². The molecule has 0 spiro atoms. The van der Waals surface area contributed by atoms with E-state index in [2.05, 4.69) is 12.2 Å². The van der Waals surface area contributed by atoms with Gasteiger partial charge in [-0.15, -0.1) is 0 Å².